The fourth-order valence-corrected chi connectivity index (χ4v) is 1.65. The van der Waals surface area contributed by atoms with Crippen molar-refractivity contribution in [2.24, 2.45) is 5.73 Å². The van der Waals surface area contributed by atoms with Gasteiger partial charge in [-0.25, -0.2) is 0 Å². The summed E-state index contributed by atoms with van der Waals surface area (Å²) in [6.07, 6.45) is 1.63. The molecule has 0 saturated heterocycles. The van der Waals surface area contributed by atoms with Crippen molar-refractivity contribution in [2.45, 2.75) is 12.8 Å². The van der Waals surface area contributed by atoms with E-state index in [9.17, 15) is 9.59 Å². The molecule has 0 unspecified atom stereocenters. The Morgan fingerprint density at radius 2 is 1.77 bits per heavy atom. The molecule has 0 atom stereocenters. The van der Waals surface area contributed by atoms with Crippen LogP contribution in [0.2, 0.25) is 0 Å². The lowest BCUT2D eigenvalue weighted by Crippen LogP contribution is -2.39. The first-order valence-corrected chi connectivity index (χ1v) is 7.07. The maximum Gasteiger partial charge on any atom is 0.239 e. The molecule has 0 bridgehead atoms. The minimum absolute atomic E-state index is 0. The number of benzene rings is 1. The van der Waals surface area contributed by atoms with E-state index >= 15 is 0 Å². The van der Waals surface area contributed by atoms with Gasteiger partial charge < -0.3 is 21.1 Å². The molecule has 22 heavy (non-hydrogen) atoms. The molecule has 0 aliphatic heterocycles. The summed E-state index contributed by atoms with van der Waals surface area (Å²) >= 11 is 0. The molecule has 0 radical (unpaired) electrons. The van der Waals surface area contributed by atoms with Crippen molar-refractivity contribution in [1.82, 2.24) is 10.6 Å². The number of hydrogen-bond acceptors (Lipinski definition) is 4. The molecule has 0 spiro atoms. The van der Waals surface area contributed by atoms with Crippen LogP contribution in [0.1, 0.15) is 12.0 Å². The van der Waals surface area contributed by atoms with E-state index in [1.807, 2.05) is 18.2 Å². The number of hydrogen-bond donors (Lipinski definition) is 3. The molecule has 0 saturated carbocycles. The third-order valence-corrected chi connectivity index (χ3v) is 2.80. The van der Waals surface area contributed by atoms with E-state index in [1.165, 1.54) is 5.56 Å². The van der Waals surface area contributed by atoms with Crippen LogP contribution >= 0.6 is 12.4 Å². The largest absolute Gasteiger partial charge is 0.381 e. The highest BCUT2D eigenvalue weighted by atomic mass is 35.5. The quantitative estimate of drug-likeness (QED) is 0.536. The molecule has 0 fully saturated rings. The second-order valence-corrected chi connectivity index (χ2v) is 4.53. The average Bonchev–Trinajstić information content (AvgIpc) is 2.52. The van der Waals surface area contributed by atoms with Crippen molar-refractivity contribution in [3.05, 3.63) is 35.9 Å². The molecule has 0 aromatic heterocycles. The van der Waals surface area contributed by atoms with Crippen LogP contribution in [0.3, 0.4) is 0 Å². The number of amides is 2. The highest BCUT2D eigenvalue weighted by Crippen LogP contribution is 1.99. The molecule has 4 N–H and O–H groups in total. The van der Waals surface area contributed by atoms with Crippen LogP contribution in [-0.4, -0.2) is 44.7 Å². The molecular weight excluding hydrogens is 306 g/mol. The smallest absolute Gasteiger partial charge is 0.239 e. The van der Waals surface area contributed by atoms with E-state index in [4.69, 9.17) is 10.5 Å². The van der Waals surface area contributed by atoms with Gasteiger partial charge in [0.2, 0.25) is 11.8 Å². The van der Waals surface area contributed by atoms with Crippen LogP contribution < -0.4 is 16.4 Å². The summed E-state index contributed by atoms with van der Waals surface area (Å²) in [5.41, 5.74) is 6.36. The van der Waals surface area contributed by atoms with Gasteiger partial charge in [0.15, 0.2) is 0 Å². The first-order chi connectivity index (χ1) is 10.2. The van der Waals surface area contributed by atoms with Gasteiger partial charge >= 0.3 is 0 Å². The van der Waals surface area contributed by atoms with Crippen molar-refractivity contribution < 1.29 is 14.3 Å². The predicted octanol–water partition coefficient (Wildman–Crippen LogP) is 0.249. The number of carbonyl (C=O) groups is 2. The third-order valence-electron chi connectivity index (χ3n) is 2.80. The molecule has 0 aliphatic rings. The number of ether oxygens (including phenoxy) is 1. The van der Waals surface area contributed by atoms with Crippen molar-refractivity contribution >= 4 is 24.2 Å². The van der Waals surface area contributed by atoms with Crippen LogP contribution in [-0.2, 0) is 20.7 Å². The van der Waals surface area contributed by atoms with Gasteiger partial charge in [0.1, 0.15) is 0 Å². The summed E-state index contributed by atoms with van der Waals surface area (Å²) in [5, 5.41) is 5.10. The maximum absolute atomic E-state index is 11.3. The SMILES string of the molecule is Cl.NCC(=O)NCC(=O)NCCCOCCc1ccccc1. The minimum atomic E-state index is -0.339. The Balaban J connectivity index is 0.00000441. The Morgan fingerprint density at radius 3 is 2.45 bits per heavy atom. The van der Waals surface area contributed by atoms with Crippen molar-refractivity contribution in [3.8, 4) is 0 Å². The van der Waals surface area contributed by atoms with Gasteiger partial charge in [-0.3, -0.25) is 9.59 Å². The van der Waals surface area contributed by atoms with E-state index in [-0.39, 0.29) is 37.3 Å². The highest BCUT2D eigenvalue weighted by molar-refractivity contribution is 5.85. The standard InChI is InChI=1S/C15H23N3O3.ClH/c16-11-14(19)18-12-15(20)17-8-4-9-21-10-7-13-5-2-1-3-6-13;/h1-3,5-6H,4,7-12,16H2,(H,17,20)(H,18,19);1H. The minimum Gasteiger partial charge on any atom is -0.381 e. The second-order valence-electron chi connectivity index (χ2n) is 4.53. The third kappa shape index (κ3) is 10.1. The molecule has 0 aliphatic carbocycles. The van der Waals surface area contributed by atoms with Gasteiger partial charge in [-0.2, -0.15) is 0 Å². The van der Waals surface area contributed by atoms with Gasteiger partial charge in [-0.05, 0) is 18.4 Å². The Labute approximate surface area is 137 Å². The summed E-state index contributed by atoms with van der Waals surface area (Å²) in [7, 11) is 0. The maximum atomic E-state index is 11.3. The van der Waals surface area contributed by atoms with Crippen LogP contribution in [0, 0.1) is 0 Å². The lowest BCUT2D eigenvalue weighted by molar-refractivity contribution is -0.125. The number of nitrogens with two attached hydrogens (primary N) is 1. The summed E-state index contributed by atoms with van der Waals surface area (Å²) in [6.45, 7) is 1.66. The zero-order chi connectivity index (χ0) is 15.3. The van der Waals surface area contributed by atoms with Gasteiger partial charge in [0.05, 0.1) is 19.7 Å². The Hall–Kier alpha value is -1.63. The van der Waals surface area contributed by atoms with Gasteiger partial charge in [0, 0.05) is 13.2 Å². The molecule has 1 aromatic carbocycles. The number of carbonyl (C=O) groups excluding carboxylic acids is 2. The van der Waals surface area contributed by atoms with Gasteiger partial charge in [0.25, 0.3) is 0 Å². The molecular formula is C15H24ClN3O3. The number of nitrogens with one attached hydrogen (secondary N) is 2. The lowest BCUT2D eigenvalue weighted by Gasteiger charge is -2.07. The first-order valence-electron chi connectivity index (χ1n) is 7.07. The molecule has 6 nitrogen and oxygen atoms in total. The summed E-state index contributed by atoms with van der Waals surface area (Å²) in [5.74, 6) is -0.560. The van der Waals surface area contributed by atoms with E-state index in [1.54, 1.807) is 0 Å². The average molecular weight is 330 g/mol. The summed E-state index contributed by atoms with van der Waals surface area (Å²) in [6, 6.07) is 10.1. The first kappa shape index (κ1) is 20.4. The fourth-order valence-electron chi connectivity index (χ4n) is 1.65. The predicted molar refractivity (Wildman–Crippen MR) is 87.9 cm³/mol. The highest BCUT2D eigenvalue weighted by Gasteiger charge is 2.02. The Bertz CT molecular complexity index is 429. The topological polar surface area (TPSA) is 93.5 Å². The Morgan fingerprint density at radius 1 is 1.05 bits per heavy atom. The zero-order valence-electron chi connectivity index (χ0n) is 12.5. The van der Waals surface area contributed by atoms with E-state index < -0.39 is 0 Å². The fraction of sp³-hybridized carbons (Fsp3) is 0.467. The van der Waals surface area contributed by atoms with E-state index in [2.05, 4.69) is 22.8 Å². The zero-order valence-corrected chi connectivity index (χ0v) is 13.4. The van der Waals surface area contributed by atoms with Crippen molar-refractivity contribution in [1.29, 1.82) is 0 Å². The van der Waals surface area contributed by atoms with E-state index in [0.29, 0.717) is 19.8 Å². The normalized spacial score (nSPS) is 9.68. The molecule has 2 amide bonds. The summed E-state index contributed by atoms with van der Waals surface area (Å²) in [4.78, 5) is 22.2. The van der Waals surface area contributed by atoms with Crippen molar-refractivity contribution in [3.63, 3.8) is 0 Å². The van der Waals surface area contributed by atoms with Crippen LogP contribution in [0.5, 0.6) is 0 Å². The van der Waals surface area contributed by atoms with Gasteiger partial charge in [-0.15, -0.1) is 12.4 Å². The molecule has 7 heteroatoms. The summed E-state index contributed by atoms with van der Waals surface area (Å²) < 4.78 is 5.50. The van der Waals surface area contributed by atoms with E-state index in [0.717, 1.165) is 12.8 Å². The second kappa shape index (κ2) is 13.1. The Kier molecular flexibility index (Phi) is 12.1. The molecule has 0 heterocycles. The van der Waals surface area contributed by atoms with Gasteiger partial charge in [-0.1, -0.05) is 30.3 Å². The van der Waals surface area contributed by atoms with Crippen LogP contribution in [0.15, 0.2) is 30.3 Å². The lowest BCUT2D eigenvalue weighted by atomic mass is 10.2. The van der Waals surface area contributed by atoms with Crippen molar-refractivity contribution in [2.75, 3.05) is 32.8 Å². The van der Waals surface area contributed by atoms with Crippen LogP contribution in [0.25, 0.3) is 0 Å². The molecule has 124 valence electrons. The number of rotatable bonds is 10. The molecule has 1 rings (SSSR count). The van der Waals surface area contributed by atoms with Crippen LogP contribution in [0.4, 0.5) is 0 Å². The number of halogens is 1. The molecule has 1 aromatic rings. The monoisotopic (exact) mass is 329 g/mol.